The predicted octanol–water partition coefficient (Wildman–Crippen LogP) is 6.16. The maximum atomic E-state index is 14.5. The summed E-state index contributed by atoms with van der Waals surface area (Å²) in [5.74, 6) is -0.596. The smallest absolute Gasteiger partial charge is 0.294 e. The minimum absolute atomic E-state index is 0.0129. The standard InChI is InChI=1S/C22H20F2N2O2S/c1-15-12-16-6-2-3-10-20(16)26(15)14-19-9-5-11-29(19,28)22(27)25-21(24)17-7-4-8-18(23)13-17/h2-13,21,28H,14H2,1H3,(H,25,27). The first-order chi connectivity index (χ1) is 13.9. The molecule has 29 heavy (non-hydrogen) atoms. The first-order valence-electron chi connectivity index (χ1n) is 9.06. The number of hydrogen-bond donors (Lipinski definition) is 2. The first-order valence-corrected chi connectivity index (χ1v) is 10.7. The van der Waals surface area contributed by atoms with Crippen LogP contribution in [0, 0.1) is 12.7 Å². The summed E-state index contributed by atoms with van der Waals surface area (Å²) in [6.45, 7) is 2.27. The van der Waals surface area contributed by atoms with Crippen molar-refractivity contribution in [3.05, 3.63) is 94.1 Å². The fraction of sp³-hybridized carbons (Fsp3) is 0.136. The Balaban J connectivity index is 1.56. The van der Waals surface area contributed by atoms with Crippen molar-refractivity contribution < 1.29 is 18.1 Å². The zero-order valence-electron chi connectivity index (χ0n) is 15.7. The van der Waals surface area contributed by atoms with Gasteiger partial charge in [-0.2, -0.15) is 0 Å². The van der Waals surface area contributed by atoms with Crippen LogP contribution in [0.3, 0.4) is 0 Å². The van der Waals surface area contributed by atoms with Gasteiger partial charge in [-0.15, -0.1) is 0 Å². The third kappa shape index (κ3) is 3.59. The molecule has 2 atom stereocenters. The first kappa shape index (κ1) is 19.4. The molecule has 1 aliphatic heterocycles. The lowest BCUT2D eigenvalue weighted by molar-refractivity contribution is 0.235. The van der Waals surface area contributed by atoms with Gasteiger partial charge < -0.3 is 14.4 Å². The number of nitrogens with one attached hydrogen (secondary N) is 1. The lowest BCUT2D eigenvalue weighted by Crippen LogP contribution is -2.29. The number of amides is 1. The van der Waals surface area contributed by atoms with E-state index in [1.54, 1.807) is 12.2 Å². The molecule has 1 amide bonds. The van der Waals surface area contributed by atoms with Crippen molar-refractivity contribution in [3.63, 3.8) is 0 Å². The number of carbonyl (C=O) groups is 1. The van der Waals surface area contributed by atoms with Gasteiger partial charge in [-0.3, -0.25) is 4.79 Å². The summed E-state index contributed by atoms with van der Waals surface area (Å²) >= 11 is 0. The van der Waals surface area contributed by atoms with E-state index in [-0.39, 0.29) is 5.56 Å². The Morgan fingerprint density at radius 3 is 2.79 bits per heavy atom. The normalized spacial score (nSPS) is 21.6. The third-order valence-corrected chi connectivity index (χ3v) is 7.26. The van der Waals surface area contributed by atoms with Crippen LogP contribution in [-0.2, 0) is 6.54 Å². The number of rotatable bonds is 4. The van der Waals surface area contributed by atoms with E-state index >= 15 is 0 Å². The molecule has 2 unspecified atom stereocenters. The maximum Gasteiger partial charge on any atom is 0.294 e. The van der Waals surface area contributed by atoms with Crippen LogP contribution in [0.1, 0.15) is 17.6 Å². The molecular formula is C22H20F2N2O2S. The van der Waals surface area contributed by atoms with E-state index in [0.717, 1.165) is 22.7 Å². The lowest BCUT2D eigenvalue weighted by Gasteiger charge is -2.30. The van der Waals surface area contributed by atoms with E-state index in [2.05, 4.69) is 5.32 Å². The second-order valence-corrected chi connectivity index (χ2v) is 9.29. The summed E-state index contributed by atoms with van der Waals surface area (Å²) in [4.78, 5) is 13.3. The number of alkyl halides is 1. The molecule has 0 spiro atoms. The molecule has 1 aliphatic rings. The average Bonchev–Trinajstić information content (AvgIpc) is 3.23. The highest BCUT2D eigenvalue weighted by molar-refractivity contribution is 8.46. The highest BCUT2D eigenvalue weighted by atomic mass is 32.3. The van der Waals surface area contributed by atoms with Crippen LogP contribution in [0.4, 0.5) is 13.6 Å². The van der Waals surface area contributed by atoms with Crippen molar-refractivity contribution >= 4 is 26.5 Å². The number of aromatic nitrogens is 1. The number of nitrogens with zero attached hydrogens (tertiary/aromatic N) is 1. The Kier molecular flexibility index (Phi) is 5.02. The second-order valence-electron chi connectivity index (χ2n) is 6.87. The van der Waals surface area contributed by atoms with Crippen molar-refractivity contribution in [2.45, 2.75) is 19.8 Å². The summed E-state index contributed by atoms with van der Waals surface area (Å²) in [6, 6.07) is 14.8. The molecule has 150 valence electrons. The van der Waals surface area contributed by atoms with Gasteiger partial charge in [0, 0.05) is 21.7 Å². The summed E-state index contributed by atoms with van der Waals surface area (Å²) in [5.41, 5.74) is 1.97. The third-order valence-electron chi connectivity index (χ3n) is 4.96. The monoisotopic (exact) mass is 414 g/mol. The molecule has 4 rings (SSSR count). The number of carbonyl (C=O) groups excluding carboxylic acids is 1. The number of halogens is 2. The molecule has 2 aromatic carbocycles. The predicted molar refractivity (Wildman–Crippen MR) is 113 cm³/mol. The molecule has 0 fully saturated rings. The van der Waals surface area contributed by atoms with Gasteiger partial charge in [0.25, 0.3) is 5.24 Å². The van der Waals surface area contributed by atoms with Crippen molar-refractivity contribution in [2.24, 2.45) is 0 Å². The summed E-state index contributed by atoms with van der Waals surface area (Å²) < 4.78 is 41.0. The molecule has 7 heteroatoms. The van der Waals surface area contributed by atoms with Gasteiger partial charge in [0.2, 0.25) is 0 Å². The van der Waals surface area contributed by atoms with Gasteiger partial charge >= 0.3 is 0 Å². The molecule has 0 aliphatic carbocycles. The highest BCUT2D eigenvalue weighted by Crippen LogP contribution is 2.57. The van der Waals surface area contributed by atoms with Crippen LogP contribution < -0.4 is 5.32 Å². The van der Waals surface area contributed by atoms with E-state index in [4.69, 9.17) is 0 Å². The van der Waals surface area contributed by atoms with Gasteiger partial charge in [0.15, 0.2) is 6.30 Å². The van der Waals surface area contributed by atoms with Crippen molar-refractivity contribution in [1.82, 2.24) is 9.88 Å². The SMILES string of the molecule is Cc1cc2ccccc2n1CC1=CC=CS1(O)C(=O)NC(F)c1cccc(F)c1. The van der Waals surface area contributed by atoms with E-state index < -0.39 is 27.7 Å². The second kappa shape index (κ2) is 7.50. The van der Waals surface area contributed by atoms with E-state index in [1.807, 2.05) is 41.8 Å². The summed E-state index contributed by atoms with van der Waals surface area (Å²) in [6.07, 6.45) is 1.39. The Hall–Kier alpha value is -2.90. The lowest BCUT2D eigenvalue weighted by atomic mass is 10.2. The zero-order valence-corrected chi connectivity index (χ0v) is 16.5. The number of benzene rings is 2. The maximum absolute atomic E-state index is 14.5. The molecular weight excluding hydrogens is 394 g/mol. The number of hydrogen-bond acceptors (Lipinski definition) is 2. The quantitative estimate of drug-likeness (QED) is 0.503. The van der Waals surface area contributed by atoms with Crippen LogP contribution in [0.2, 0.25) is 0 Å². The van der Waals surface area contributed by atoms with Gasteiger partial charge in [0.1, 0.15) is 5.82 Å². The fourth-order valence-electron chi connectivity index (χ4n) is 3.44. The number of para-hydroxylation sites is 1. The van der Waals surface area contributed by atoms with Crippen molar-refractivity contribution in [1.29, 1.82) is 0 Å². The number of allylic oxidation sites excluding steroid dienone is 3. The van der Waals surface area contributed by atoms with Gasteiger partial charge in [-0.1, -0.05) is 36.4 Å². The van der Waals surface area contributed by atoms with Crippen LogP contribution in [0.15, 0.2) is 77.1 Å². The molecule has 2 heterocycles. The number of fused-ring (bicyclic) bond motifs is 1. The van der Waals surface area contributed by atoms with E-state index in [9.17, 15) is 18.1 Å². The molecule has 4 nitrogen and oxygen atoms in total. The molecule has 3 aromatic rings. The molecule has 1 aromatic heterocycles. The average molecular weight is 414 g/mol. The Bertz CT molecular complexity index is 1150. The minimum atomic E-state index is -3.02. The van der Waals surface area contributed by atoms with Gasteiger partial charge in [0.05, 0.1) is 6.54 Å². The Morgan fingerprint density at radius 1 is 1.21 bits per heavy atom. The van der Waals surface area contributed by atoms with Crippen LogP contribution >= 0.6 is 10.3 Å². The van der Waals surface area contributed by atoms with Crippen molar-refractivity contribution in [2.75, 3.05) is 0 Å². The minimum Gasteiger partial charge on any atom is -0.340 e. The van der Waals surface area contributed by atoms with Crippen LogP contribution in [0.25, 0.3) is 10.9 Å². The van der Waals surface area contributed by atoms with Crippen LogP contribution in [0.5, 0.6) is 0 Å². The number of aryl methyl sites for hydroxylation is 1. The van der Waals surface area contributed by atoms with E-state index in [0.29, 0.717) is 11.4 Å². The summed E-state index contributed by atoms with van der Waals surface area (Å²) in [7, 11) is -3.02. The Labute approximate surface area is 168 Å². The van der Waals surface area contributed by atoms with E-state index in [1.165, 1.54) is 23.6 Å². The highest BCUT2D eigenvalue weighted by Gasteiger charge is 2.36. The van der Waals surface area contributed by atoms with Gasteiger partial charge in [-0.05, 0) is 58.4 Å². The topological polar surface area (TPSA) is 54.3 Å². The molecule has 0 saturated heterocycles. The van der Waals surface area contributed by atoms with Gasteiger partial charge in [-0.25, -0.2) is 8.78 Å². The molecule has 2 N–H and O–H groups in total. The van der Waals surface area contributed by atoms with Crippen molar-refractivity contribution in [3.8, 4) is 0 Å². The Morgan fingerprint density at radius 2 is 2.00 bits per heavy atom. The van der Waals surface area contributed by atoms with Crippen LogP contribution in [-0.4, -0.2) is 14.4 Å². The fourth-order valence-corrected chi connectivity index (χ4v) is 5.18. The zero-order chi connectivity index (χ0) is 20.6. The largest absolute Gasteiger partial charge is 0.340 e. The molecule has 0 radical (unpaired) electrons. The molecule has 0 saturated carbocycles. The summed E-state index contributed by atoms with van der Waals surface area (Å²) in [5, 5.41) is 3.84. The molecule has 0 bridgehead atoms.